The van der Waals surface area contributed by atoms with E-state index in [1.54, 1.807) is 7.11 Å². The van der Waals surface area contributed by atoms with Crippen molar-refractivity contribution in [2.24, 2.45) is 0 Å². The summed E-state index contributed by atoms with van der Waals surface area (Å²) in [6.45, 7) is 12.4. The number of methoxy groups -OCH3 is 1. The third-order valence-corrected chi connectivity index (χ3v) is 7.18. The molecule has 0 aromatic carbocycles. The van der Waals surface area contributed by atoms with Gasteiger partial charge in [-0.25, -0.2) is 4.79 Å². The maximum atomic E-state index is 11.8. The van der Waals surface area contributed by atoms with Gasteiger partial charge in [0.25, 0.3) is 0 Å². The molecule has 0 aliphatic carbocycles. The van der Waals surface area contributed by atoms with Crippen molar-refractivity contribution in [1.82, 2.24) is 5.32 Å². The molecule has 0 saturated heterocycles. The minimum absolute atomic E-state index is 0.174. The first kappa shape index (κ1) is 32.2. The molecule has 0 bridgehead atoms. The molecular formula is C21H45NO10Si. The van der Waals surface area contributed by atoms with E-state index in [4.69, 9.17) is 41.7 Å². The fraction of sp³-hybridized carbons (Fsp3) is 0.952. The molecule has 0 aromatic heterocycles. The van der Waals surface area contributed by atoms with E-state index < -0.39 is 14.9 Å². The van der Waals surface area contributed by atoms with Gasteiger partial charge in [0.15, 0.2) is 0 Å². The van der Waals surface area contributed by atoms with Gasteiger partial charge in [0.2, 0.25) is 0 Å². The molecule has 198 valence electrons. The van der Waals surface area contributed by atoms with E-state index in [2.05, 4.69) is 5.32 Å². The Labute approximate surface area is 200 Å². The van der Waals surface area contributed by atoms with Crippen LogP contribution in [-0.2, 0) is 41.7 Å². The summed E-state index contributed by atoms with van der Waals surface area (Å²) in [5, 5.41) is 2.72. The highest BCUT2D eigenvalue weighted by molar-refractivity contribution is 6.60. The van der Waals surface area contributed by atoms with Gasteiger partial charge in [-0.2, -0.15) is 0 Å². The highest BCUT2D eigenvalue weighted by Crippen LogP contribution is 2.17. The fourth-order valence-electron chi connectivity index (χ4n) is 2.64. The Balaban J connectivity index is 3.53. The number of carbonyl (C=O) groups excluding carboxylic acids is 1. The second kappa shape index (κ2) is 24.3. The molecule has 0 rings (SSSR count). The van der Waals surface area contributed by atoms with Crippen molar-refractivity contribution in [1.29, 1.82) is 0 Å². The van der Waals surface area contributed by atoms with Crippen molar-refractivity contribution in [3.8, 4) is 0 Å². The van der Waals surface area contributed by atoms with E-state index in [-0.39, 0.29) is 6.61 Å². The van der Waals surface area contributed by atoms with Crippen molar-refractivity contribution in [2.75, 3.05) is 99.5 Å². The largest absolute Gasteiger partial charge is 0.500 e. The molecule has 0 radical (unpaired) electrons. The van der Waals surface area contributed by atoms with Crippen LogP contribution < -0.4 is 5.32 Å². The third kappa shape index (κ3) is 20.3. The molecule has 0 aromatic rings. The van der Waals surface area contributed by atoms with E-state index in [1.165, 1.54) is 0 Å². The fourth-order valence-corrected chi connectivity index (χ4v) is 5.26. The van der Waals surface area contributed by atoms with Crippen molar-refractivity contribution in [2.45, 2.75) is 33.2 Å². The molecular weight excluding hydrogens is 454 g/mol. The topological polar surface area (TPSA) is 112 Å². The maximum absolute atomic E-state index is 11.8. The van der Waals surface area contributed by atoms with Crippen LogP contribution in [-0.4, -0.2) is 114 Å². The monoisotopic (exact) mass is 499 g/mol. The number of alkyl carbamates (subject to hydrolysis) is 1. The predicted molar refractivity (Wildman–Crippen MR) is 125 cm³/mol. The van der Waals surface area contributed by atoms with E-state index in [0.717, 1.165) is 0 Å². The van der Waals surface area contributed by atoms with Crippen LogP contribution in [0.3, 0.4) is 0 Å². The zero-order valence-corrected chi connectivity index (χ0v) is 21.9. The van der Waals surface area contributed by atoms with E-state index >= 15 is 0 Å². The van der Waals surface area contributed by atoms with Gasteiger partial charge in [-0.3, -0.25) is 0 Å². The Morgan fingerprint density at radius 3 is 1.52 bits per heavy atom. The zero-order chi connectivity index (χ0) is 24.5. The quantitative estimate of drug-likeness (QED) is 0.148. The second-order valence-electron chi connectivity index (χ2n) is 6.59. The number of rotatable bonds is 25. The minimum Gasteiger partial charge on any atom is -0.447 e. The lowest BCUT2D eigenvalue weighted by Gasteiger charge is -2.28. The number of hydrogen-bond acceptors (Lipinski definition) is 10. The van der Waals surface area contributed by atoms with Gasteiger partial charge in [0.05, 0.1) is 59.5 Å². The van der Waals surface area contributed by atoms with Crippen LogP contribution in [0.5, 0.6) is 0 Å². The van der Waals surface area contributed by atoms with Crippen molar-refractivity contribution in [3.05, 3.63) is 0 Å². The summed E-state index contributed by atoms with van der Waals surface area (Å²) in [6.07, 6.45) is 0.203. The second-order valence-corrected chi connectivity index (χ2v) is 9.32. The lowest BCUT2D eigenvalue weighted by molar-refractivity contribution is -0.0112. The summed E-state index contributed by atoms with van der Waals surface area (Å²) in [5.41, 5.74) is 0. The van der Waals surface area contributed by atoms with Gasteiger partial charge in [-0.1, -0.05) is 0 Å². The van der Waals surface area contributed by atoms with Crippen molar-refractivity contribution >= 4 is 14.9 Å². The standard InChI is InChI=1S/C21H45NO10Si/c1-5-30-33(31-6-2,32-7-3)20-8-9-22-21(23)29-19-18-28-17-16-27-15-14-26-13-12-25-11-10-24-4/h5-20H2,1-4H3,(H,22,23). The van der Waals surface area contributed by atoms with Crippen LogP contribution >= 0.6 is 0 Å². The van der Waals surface area contributed by atoms with Gasteiger partial charge in [-0.15, -0.1) is 0 Å². The maximum Gasteiger partial charge on any atom is 0.500 e. The van der Waals surface area contributed by atoms with E-state index in [1.807, 2.05) is 20.8 Å². The molecule has 0 spiro atoms. The summed E-state index contributed by atoms with van der Waals surface area (Å²) in [6, 6.07) is 0.638. The molecule has 33 heavy (non-hydrogen) atoms. The Morgan fingerprint density at radius 1 is 0.667 bits per heavy atom. The number of ether oxygens (including phenoxy) is 6. The van der Waals surface area contributed by atoms with Gasteiger partial charge < -0.3 is 47.0 Å². The van der Waals surface area contributed by atoms with Crippen molar-refractivity contribution < 1.29 is 46.5 Å². The zero-order valence-electron chi connectivity index (χ0n) is 20.9. The van der Waals surface area contributed by atoms with Crippen molar-refractivity contribution in [3.63, 3.8) is 0 Å². The molecule has 0 heterocycles. The Bertz CT molecular complexity index is 417. The summed E-state index contributed by atoms with van der Waals surface area (Å²) >= 11 is 0. The Kier molecular flexibility index (Phi) is 23.7. The van der Waals surface area contributed by atoms with Gasteiger partial charge in [0.1, 0.15) is 6.61 Å². The van der Waals surface area contributed by atoms with Crippen LogP contribution in [0, 0.1) is 0 Å². The van der Waals surface area contributed by atoms with Crippen LogP contribution in [0.2, 0.25) is 6.04 Å². The highest BCUT2D eigenvalue weighted by Gasteiger charge is 2.39. The molecule has 0 aliphatic heterocycles. The molecule has 0 saturated carbocycles. The van der Waals surface area contributed by atoms with Crippen LogP contribution in [0.1, 0.15) is 27.2 Å². The summed E-state index contributed by atoms with van der Waals surface area (Å²) in [7, 11) is -1.04. The lowest BCUT2D eigenvalue weighted by Crippen LogP contribution is -2.46. The molecule has 11 nitrogen and oxygen atoms in total. The highest BCUT2D eigenvalue weighted by atomic mass is 28.4. The average molecular weight is 500 g/mol. The molecule has 1 N–H and O–H groups in total. The molecule has 0 unspecified atom stereocenters. The SMILES string of the molecule is CCO[Si](CCCNC(=O)OCCOCCOCCOCCOCCOC)(OCC)OCC. The number of nitrogens with one attached hydrogen (secondary N) is 1. The smallest absolute Gasteiger partial charge is 0.447 e. The first-order valence-electron chi connectivity index (χ1n) is 11.8. The first-order chi connectivity index (χ1) is 16.1. The van der Waals surface area contributed by atoms with Gasteiger partial charge in [-0.05, 0) is 27.2 Å². The molecule has 0 fully saturated rings. The Hall–Kier alpha value is -0.833. The normalized spacial score (nSPS) is 11.6. The molecule has 0 aliphatic rings. The minimum atomic E-state index is -2.67. The summed E-state index contributed by atoms with van der Waals surface area (Å²) in [5.74, 6) is 0. The van der Waals surface area contributed by atoms with Crippen LogP contribution in [0.4, 0.5) is 4.79 Å². The van der Waals surface area contributed by atoms with E-state index in [0.29, 0.717) is 98.3 Å². The van der Waals surface area contributed by atoms with E-state index in [9.17, 15) is 4.79 Å². The van der Waals surface area contributed by atoms with Gasteiger partial charge in [0, 0.05) is 39.5 Å². The number of amides is 1. The molecule has 1 amide bonds. The number of carbonyl (C=O) groups is 1. The Morgan fingerprint density at radius 2 is 1.09 bits per heavy atom. The molecule has 0 atom stereocenters. The third-order valence-electron chi connectivity index (χ3n) is 4.03. The predicted octanol–water partition coefficient (Wildman–Crippen LogP) is 1.86. The van der Waals surface area contributed by atoms with Gasteiger partial charge >= 0.3 is 14.9 Å². The average Bonchev–Trinajstić information content (AvgIpc) is 2.80. The summed E-state index contributed by atoms with van der Waals surface area (Å²) < 4.78 is 48.7. The summed E-state index contributed by atoms with van der Waals surface area (Å²) in [4.78, 5) is 11.8. The molecule has 12 heteroatoms. The van der Waals surface area contributed by atoms with Crippen LogP contribution in [0.15, 0.2) is 0 Å². The van der Waals surface area contributed by atoms with Crippen LogP contribution in [0.25, 0.3) is 0 Å². The number of hydrogen-bond donors (Lipinski definition) is 1. The lowest BCUT2D eigenvalue weighted by atomic mass is 10.5. The first-order valence-corrected chi connectivity index (χ1v) is 13.7.